The van der Waals surface area contributed by atoms with Gasteiger partial charge in [0, 0.05) is 19.5 Å². The van der Waals surface area contributed by atoms with Gasteiger partial charge in [0.1, 0.15) is 5.82 Å². The van der Waals surface area contributed by atoms with E-state index in [4.69, 9.17) is 6.42 Å². The molecule has 2 aromatic carbocycles. The second-order valence-electron chi connectivity index (χ2n) is 6.96. The molecular formula is C22H25FN2O3S. The van der Waals surface area contributed by atoms with Crippen LogP contribution in [0.15, 0.2) is 41.3 Å². The molecule has 0 radical (unpaired) electrons. The van der Waals surface area contributed by atoms with Crippen molar-refractivity contribution in [2.45, 2.75) is 38.6 Å². The number of carbonyl (C=O) groups excluding carboxylic acids is 1. The van der Waals surface area contributed by atoms with Gasteiger partial charge in [0.25, 0.3) is 0 Å². The van der Waals surface area contributed by atoms with E-state index in [2.05, 4.69) is 10.6 Å². The van der Waals surface area contributed by atoms with Crippen LogP contribution in [0.2, 0.25) is 0 Å². The van der Waals surface area contributed by atoms with Crippen LogP contribution in [0.1, 0.15) is 28.7 Å². The van der Waals surface area contributed by atoms with Crippen LogP contribution in [-0.2, 0) is 21.4 Å². The van der Waals surface area contributed by atoms with Gasteiger partial charge in [-0.3, -0.25) is 4.79 Å². The summed E-state index contributed by atoms with van der Waals surface area (Å²) >= 11 is 0. The largest absolute Gasteiger partial charge is 0.327 e. The lowest BCUT2D eigenvalue weighted by atomic mass is 10.1. The van der Waals surface area contributed by atoms with Gasteiger partial charge >= 0.3 is 0 Å². The number of rotatable bonds is 8. The number of nitrogens with one attached hydrogen (secondary N) is 1. The van der Waals surface area contributed by atoms with Crippen LogP contribution in [0.3, 0.4) is 0 Å². The smallest absolute Gasteiger partial charge is 0.241 e. The molecule has 0 aromatic heterocycles. The highest BCUT2D eigenvalue weighted by atomic mass is 32.2. The van der Waals surface area contributed by atoms with E-state index >= 15 is 0 Å². The first-order chi connectivity index (χ1) is 13.6. The summed E-state index contributed by atoms with van der Waals surface area (Å²) in [5.74, 6) is 1.78. The molecule has 0 aliphatic rings. The van der Waals surface area contributed by atoms with E-state index in [-0.39, 0.29) is 42.7 Å². The molecule has 5 nitrogen and oxygen atoms in total. The Bertz CT molecular complexity index is 1000. The summed E-state index contributed by atoms with van der Waals surface area (Å²) in [5.41, 5.74) is 3.04. The maximum atomic E-state index is 13.0. The van der Waals surface area contributed by atoms with Crippen LogP contribution in [0, 0.1) is 38.9 Å². The first-order valence-corrected chi connectivity index (χ1v) is 10.7. The third-order valence-electron chi connectivity index (χ3n) is 4.43. The quantitative estimate of drug-likeness (QED) is 0.673. The minimum Gasteiger partial charge on any atom is -0.327 e. The topological polar surface area (TPSA) is 66.5 Å². The molecule has 1 amide bonds. The molecule has 2 aromatic rings. The molecule has 2 rings (SSSR count). The molecule has 0 bridgehead atoms. The zero-order valence-corrected chi connectivity index (χ0v) is 17.6. The summed E-state index contributed by atoms with van der Waals surface area (Å²) in [6, 6.07) is 9.41. The highest BCUT2D eigenvalue weighted by Gasteiger charge is 2.21. The third-order valence-corrected chi connectivity index (χ3v) is 6.19. The molecule has 154 valence electrons. The summed E-state index contributed by atoms with van der Waals surface area (Å²) in [6.07, 6.45) is 5.31. The summed E-state index contributed by atoms with van der Waals surface area (Å²) in [4.78, 5) is 14.2. The molecule has 0 heterocycles. The van der Waals surface area contributed by atoms with Gasteiger partial charge in [-0.05, 0) is 49.6 Å². The molecule has 7 heteroatoms. The Hall–Kier alpha value is -2.69. The highest BCUT2D eigenvalue weighted by Crippen LogP contribution is 2.21. The number of hydrogen-bond acceptors (Lipinski definition) is 3. The second kappa shape index (κ2) is 9.68. The SMILES string of the molecule is C#CCN(Cc1ccc(F)cc1)C(=O)CCNS(=O)(=O)c1c(C)cc(C)cc1C. The number of aryl methyl sites for hydroxylation is 3. The summed E-state index contributed by atoms with van der Waals surface area (Å²) in [5, 5.41) is 0. The van der Waals surface area contributed by atoms with Crippen molar-refractivity contribution in [1.82, 2.24) is 9.62 Å². The van der Waals surface area contributed by atoms with Crippen molar-refractivity contribution in [1.29, 1.82) is 0 Å². The number of carbonyl (C=O) groups is 1. The zero-order valence-electron chi connectivity index (χ0n) is 16.8. The van der Waals surface area contributed by atoms with Crippen LogP contribution >= 0.6 is 0 Å². The lowest BCUT2D eigenvalue weighted by Gasteiger charge is -2.21. The van der Waals surface area contributed by atoms with Crippen LogP contribution in [0.5, 0.6) is 0 Å². The van der Waals surface area contributed by atoms with Gasteiger partial charge in [0.05, 0.1) is 11.4 Å². The highest BCUT2D eigenvalue weighted by molar-refractivity contribution is 7.89. The Kier molecular flexibility index (Phi) is 7.54. The Balaban J connectivity index is 2.03. The predicted molar refractivity (Wildman–Crippen MR) is 111 cm³/mol. The van der Waals surface area contributed by atoms with Crippen molar-refractivity contribution >= 4 is 15.9 Å². The Morgan fingerprint density at radius 1 is 1.14 bits per heavy atom. The number of sulfonamides is 1. The van der Waals surface area contributed by atoms with Crippen LogP contribution in [-0.4, -0.2) is 32.3 Å². The standard InChI is InChI=1S/C22H25FN2O3S/c1-5-12-25(15-19-6-8-20(23)9-7-19)21(26)10-11-24-29(27,28)22-17(3)13-16(2)14-18(22)4/h1,6-9,13-14,24H,10-12,15H2,2-4H3. The maximum absolute atomic E-state index is 13.0. The Morgan fingerprint density at radius 2 is 1.72 bits per heavy atom. The van der Waals surface area contributed by atoms with Crippen molar-refractivity contribution in [2.75, 3.05) is 13.1 Å². The molecule has 0 aliphatic heterocycles. The number of hydrogen-bond donors (Lipinski definition) is 1. The summed E-state index contributed by atoms with van der Waals surface area (Å²) in [7, 11) is -3.74. The summed E-state index contributed by atoms with van der Waals surface area (Å²) in [6.45, 7) is 5.67. The molecule has 29 heavy (non-hydrogen) atoms. The van der Waals surface area contributed by atoms with E-state index in [1.54, 1.807) is 26.0 Å². The Labute approximate surface area is 172 Å². The number of benzene rings is 2. The normalized spacial score (nSPS) is 11.1. The fourth-order valence-electron chi connectivity index (χ4n) is 3.27. The molecule has 0 atom stereocenters. The van der Waals surface area contributed by atoms with Gasteiger partial charge < -0.3 is 4.90 Å². The van der Waals surface area contributed by atoms with Crippen molar-refractivity contribution in [3.63, 3.8) is 0 Å². The van der Waals surface area contributed by atoms with E-state index in [0.717, 1.165) is 11.1 Å². The van der Waals surface area contributed by atoms with Gasteiger partial charge in [-0.2, -0.15) is 0 Å². The average molecular weight is 417 g/mol. The summed E-state index contributed by atoms with van der Waals surface area (Å²) < 4.78 is 40.9. The Morgan fingerprint density at radius 3 is 2.28 bits per heavy atom. The van der Waals surface area contributed by atoms with Crippen molar-refractivity contribution in [3.8, 4) is 12.3 Å². The third kappa shape index (κ3) is 6.14. The van der Waals surface area contributed by atoms with Gasteiger partial charge in [0.2, 0.25) is 15.9 Å². The molecule has 0 saturated heterocycles. The molecule has 0 saturated carbocycles. The number of terminal acetylenes is 1. The number of nitrogens with zero attached hydrogens (tertiary/aromatic N) is 1. The van der Waals surface area contributed by atoms with E-state index in [1.807, 2.05) is 19.1 Å². The molecular weight excluding hydrogens is 391 g/mol. The molecule has 0 unspecified atom stereocenters. The van der Waals surface area contributed by atoms with Gasteiger partial charge in [0.15, 0.2) is 0 Å². The van der Waals surface area contributed by atoms with Crippen LogP contribution in [0.25, 0.3) is 0 Å². The average Bonchev–Trinajstić information content (AvgIpc) is 2.61. The fourth-order valence-corrected chi connectivity index (χ4v) is 4.75. The van der Waals surface area contributed by atoms with Gasteiger partial charge in [-0.15, -0.1) is 6.42 Å². The first kappa shape index (κ1) is 22.6. The van der Waals surface area contributed by atoms with Gasteiger partial charge in [-0.1, -0.05) is 35.7 Å². The monoisotopic (exact) mass is 416 g/mol. The van der Waals surface area contributed by atoms with Crippen LogP contribution in [0.4, 0.5) is 4.39 Å². The van der Waals surface area contributed by atoms with Crippen LogP contribution < -0.4 is 4.72 Å². The lowest BCUT2D eigenvalue weighted by Crippen LogP contribution is -2.34. The first-order valence-electron chi connectivity index (χ1n) is 9.17. The van der Waals surface area contributed by atoms with E-state index < -0.39 is 10.0 Å². The van der Waals surface area contributed by atoms with E-state index in [1.165, 1.54) is 17.0 Å². The minimum absolute atomic E-state index is 0.0357. The van der Waals surface area contributed by atoms with E-state index in [9.17, 15) is 17.6 Å². The molecule has 0 spiro atoms. The second-order valence-corrected chi connectivity index (χ2v) is 8.66. The zero-order chi connectivity index (χ0) is 21.6. The minimum atomic E-state index is -3.74. The van der Waals surface area contributed by atoms with E-state index in [0.29, 0.717) is 11.1 Å². The molecule has 0 aliphatic carbocycles. The predicted octanol–water partition coefficient (Wildman–Crippen LogP) is 3.08. The lowest BCUT2D eigenvalue weighted by molar-refractivity contribution is -0.131. The van der Waals surface area contributed by atoms with Crippen molar-refractivity contribution < 1.29 is 17.6 Å². The number of halogens is 1. The van der Waals surface area contributed by atoms with Crippen molar-refractivity contribution in [2.24, 2.45) is 0 Å². The maximum Gasteiger partial charge on any atom is 0.241 e. The van der Waals surface area contributed by atoms with Crippen molar-refractivity contribution in [3.05, 3.63) is 64.5 Å². The number of amides is 1. The fraction of sp³-hybridized carbons (Fsp3) is 0.318. The molecule has 1 N–H and O–H groups in total. The van der Waals surface area contributed by atoms with Gasteiger partial charge in [-0.25, -0.2) is 17.5 Å². The molecule has 0 fully saturated rings.